The molecule has 3 N–H and O–H groups in total. The lowest BCUT2D eigenvalue weighted by Crippen LogP contribution is -2.62. The Morgan fingerprint density at radius 1 is 1.31 bits per heavy atom. The molecule has 0 radical (unpaired) electrons. The molecular formula is C19H19N3O4. The van der Waals surface area contributed by atoms with E-state index in [2.05, 4.69) is 0 Å². The van der Waals surface area contributed by atoms with Crippen LogP contribution in [0.15, 0.2) is 66.4 Å². The number of likely N-dealkylation sites (N-methyl/N-ethyl adjacent to an activating group) is 1. The summed E-state index contributed by atoms with van der Waals surface area (Å²) in [5.74, 6) is -2.46. The van der Waals surface area contributed by atoms with Crippen LogP contribution in [-0.4, -0.2) is 28.2 Å². The summed E-state index contributed by atoms with van der Waals surface area (Å²) in [6, 6.07) is 13.6. The van der Waals surface area contributed by atoms with E-state index in [-0.39, 0.29) is 5.70 Å². The van der Waals surface area contributed by atoms with Crippen LogP contribution in [0.5, 0.6) is 0 Å². The van der Waals surface area contributed by atoms with Gasteiger partial charge >= 0.3 is 5.97 Å². The summed E-state index contributed by atoms with van der Waals surface area (Å²) in [6.07, 6.45) is 3.78. The van der Waals surface area contributed by atoms with Gasteiger partial charge in [0.1, 0.15) is 11.6 Å². The van der Waals surface area contributed by atoms with Gasteiger partial charge in [0, 0.05) is 24.4 Å². The first kappa shape index (κ1) is 17.6. The Hall–Kier alpha value is -3.19. The highest BCUT2D eigenvalue weighted by molar-refractivity contribution is 5.86. The molecule has 1 aliphatic rings. The highest BCUT2D eigenvalue weighted by Crippen LogP contribution is 2.34. The normalized spacial score (nSPS) is 22.1. The van der Waals surface area contributed by atoms with Crippen molar-refractivity contribution in [3.8, 4) is 0 Å². The van der Waals surface area contributed by atoms with Crippen LogP contribution in [0.1, 0.15) is 6.92 Å². The van der Waals surface area contributed by atoms with Crippen molar-refractivity contribution in [2.45, 2.75) is 12.6 Å². The van der Waals surface area contributed by atoms with E-state index >= 15 is 0 Å². The van der Waals surface area contributed by atoms with Gasteiger partial charge in [0.15, 0.2) is 0 Å². The zero-order valence-corrected chi connectivity index (χ0v) is 14.2. The number of allylic oxidation sites excluding steroid dienone is 1. The SMILES string of the molecule is CCN(c1ccc2ccccc2c1)C1(N)C=CC([N+](=O)[O-])=CC1C(=O)O. The van der Waals surface area contributed by atoms with E-state index in [9.17, 15) is 20.0 Å². The minimum Gasteiger partial charge on any atom is -0.481 e. The Bertz CT molecular complexity index is 937. The highest BCUT2D eigenvalue weighted by atomic mass is 16.6. The molecule has 0 heterocycles. The minimum absolute atomic E-state index is 0.270. The van der Waals surface area contributed by atoms with E-state index in [1.54, 1.807) is 4.90 Å². The molecule has 26 heavy (non-hydrogen) atoms. The smallest absolute Gasteiger partial charge is 0.314 e. The van der Waals surface area contributed by atoms with Crippen molar-refractivity contribution in [3.05, 3.63) is 76.5 Å². The Labute approximate surface area is 150 Å². The average Bonchev–Trinajstić information content (AvgIpc) is 2.62. The van der Waals surface area contributed by atoms with Crippen LogP contribution >= 0.6 is 0 Å². The van der Waals surface area contributed by atoms with E-state index in [1.807, 2.05) is 49.4 Å². The summed E-state index contributed by atoms with van der Waals surface area (Å²) < 4.78 is 0. The van der Waals surface area contributed by atoms with Crippen LogP contribution in [0.3, 0.4) is 0 Å². The van der Waals surface area contributed by atoms with Crippen molar-refractivity contribution in [1.82, 2.24) is 0 Å². The predicted octanol–water partition coefficient (Wildman–Crippen LogP) is 2.75. The van der Waals surface area contributed by atoms with Crippen molar-refractivity contribution < 1.29 is 14.8 Å². The lowest BCUT2D eigenvalue weighted by atomic mass is 9.85. The first-order valence-corrected chi connectivity index (χ1v) is 8.20. The number of hydrogen-bond donors (Lipinski definition) is 2. The van der Waals surface area contributed by atoms with E-state index in [0.717, 1.165) is 22.5 Å². The van der Waals surface area contributed by atoms with Gasteiger partial charge in [-0.3, -0.25) is 14.9 Å². The topological polar surface area (TPSA) is 110 Å². The molecule has 2 atom stereocenters. The molecule has 0 aliphatic heterocycles. The Balaban J connectivity index is 2.08. The quantitative estimate of drug-likeness (QED) is 0.486. The molecule has 2 aromatic carbocycles. The number of rotatable bonds is 5. The molecule has 0 bridgehead atoms. The van der Waals surface area contributed by atoms with E-state index < -0.39 is 22.5 Å². The summed E-state index contributed by atoms with van der Waals surface area (Å²) in [7, 11) is 0. The number of carbonyl (C=O) groups is 1. The largest absolute Gasteiger partial charge is 0.481 e. The molecule has 2 aromatic rings. The third-order valence-corrected chi connectivity index (χ3v) is 4.66. The van der Waals surface area contributed by atoms with Gasteiger partial charge in [-0.15, -0.1) is 0 Å². The highest BCUT2D eigenvalue weighted by Gasteiger charge is 2.45. The lowest BCUT2D eigenvalue weighted by Gasteiger charge is -2.43. The van der Waals surface area contributed by atoms with Crippen molar-refractivity contribution >= 4 is 22.4 Å². The second kappa shape index (κ2) is 6.61. The number of aliphatic carboxylic acids is 1. The van der Waals surface area contributed by atoms with Gasteiger partial charge in [0.2, 0.25) is 0 Å². The molecule has 0 spiro atoms. The second-order valence-electron chi connectivity index (χ2n) is 6.16. The molecule has 134 valence electrons. The molecule has 1 aliphatic carbocycles. The van der Waals surface area contributed by atoms with Crippen molar-refractivity contribution in [2.75, 3.05) is 11.4 Å². The molecule has 0 saturated carbocycles. The maximum absolute atomic E-state index is 11.8. The molecule has 0 amide bonds. The fraction of sp³-hybridized carbons (Fsp3) is 0.211. The third-order valence-electron chi connectivity index (χ3n) is 4.66. The first-order valence-electron chi connectivity index (χ1n) is 8.20. The Kier molecular flexibility index (Phi) is 4.48. The molecule has 7 heteroatoms. The van der Waals surface area contributed by atoms with Crippen molar-refractivity contribution in [1.29, 1.82) is 0 Å². The second-order valence-corrected chi connectivity index (χ2v) is 6.16. The molecule has 0 aromatic heterocycles. The lowest BCUT2D eigenvalue weighted by molar-refractivity contribution is -0.419. The van der Waals surface area contributed by atoms with Crippen LogP contribution in [-0.2, 0) is 4.79 Å². The minimum atomic E-state index is -1.41. The van der Waals surface area contributed by atoms with Gasteiger partial charge in [-0.1, -0.05) is 30.3 Å². The molecule has 0 fully saturated rings. The molecule has 3 rings (SSSR count). The fourth-order valence-corrected chi connectivity index (χ4v) is 3.36. The third kappa shape index (κ3) is 2.93. The van der Waals surface area contributed by atoms with Crippen molar-refractivity contribution in [3.63, 3.8) is 0 Å². The van der Waals surface area contributed by atoms with Crippen LogP contribution in [0.25, 0.3) is 10.8 Å². The van der Waals surface area contributed by atoms with E-state index in [4.69, 9.17) is 5.73 Å². The van der Waals surface area contributed by atoms with Crippen molar-refractivity contribution in [2.24, 2.45) is 11.7 Å². The zero-order chi connectivity index (χ0) is 18.9. The fourth-order valence-electron chi connectivity index (χ4n) is 3.36. The Morgan fingerprint density at radius 3 is 2.62 bits per heavy atom. The summed E-state index contributed by atoms with van der Waals surface area (Å²) in [5, 5.41) is 22.7. The van der Waals surface area contributed by atoms with Gasteiger partial charge in [0.05, 0.1) is 4.92 Å². The molecular weight excluding hydrogens is 334 g/mol. The van der Waals surface area contributed by atoms with Crippen LogP contribution in [0.4, 0.5) is 5.69 Å². The number of nitrogens with zero attached hydrogens (tertiary/aromatic N) is 2. The number of nitrogens with two attached hydrogens (primary N) is 1. The summed E-state index contributed by atoms with van der Waals surface area (Å²) in [5.41, 5.74) is 5.56. The first-order chi connectivity index (χ1) is 12.4. The predicted molar refractivity (Wildman–Crippen MR) is 99.2 cm³/mol. The van der Waals surface area contributed by atoms with Crippen LogP contribution < -0.4 is 10.6 Å². The monoisotopic (exact) mass is 353 g/mol. The number of carboxylic acids is 1. The maximum Gasteiger partial charge on any atom is 0.314 e. The van der Waals surface area contributed by atoms with Gasteiger partial charge in [-0.2, -0.15) is 0 Å². The Morgan fingerprint density at radius 2 is 2.00 bits per heavy atom. The summed E-state index contributed by atoms with van der Waals surface area (Å²) in [6.45, 7) is 2.30. The van der Waals surface area contributed by atoms with E-state index in [0.29, 0.717) is 6.54 Å². The van der Waals surface area contributed by atoms with Gasteiger partial charge in [-0.05, 0) is 35.9 Å². The average molecular weight is 353 g/mol. The standard InChI is InChI=1S/C19H19N3O4/c1-2-21(15-8-7-13-5-3-4-6-14(13)11-15)19(20)10-9-16(22(25)26)12-17(19)18(23)24/h3-12,17H,2,20H2,1H3,(H,23,24). The summed E-state index contributed by atoms with van der Waals surface area (Å²) in [4.78, 5) is 24.0. The summed E-state index contributed by atoms with van der Waals surface area (Å²) >= 11 is 0. The van der Waals surface area contributed by atoms with Gasteiger partial charge in [0.25, 0.3) is 5.70 Å². The number of nitro groups is 1. The number of anilines is 1. The maximum atomic E-state index is 11.8. The van der Waals surface area contributed by atoms with Crippen LogP contribution in [0, 0.1) is 16.0 Å². The van der Waals surface area contributed by atoms with Gasteiger partial charge < -0.3 is 15.7 Å². The number of carboxylic acid groups (broad SMARTS) is 1. The van der Waals surface area contributed by atoms with Gasteiger partial charge in [-0.25, -0.2) is 0 Å². The number of benzene rings is 2. The number of hydrogen-bond acceptors (Lipinski definition) is 5. The molecule has 2 unspecified atom stereocenters. The van der Waals surface area contributed by atoms with Crippen LogP contribution in [0.2, 0.25) is 0 Å². The molecule has 0 saturated heterocycles. The number of fused-ring (bicyclic) bond motifs is 1. The van der Waals surface area contributed by atoms with E-state index in [1.165, 1.54) is 12.2 Å². The zero-order valence-electron chi connectivity index (χ0n) is 14.2. The molecule has 7 nitrogen and oxygen atoms in total.